The Balaban J connectivity index is 1.81. The van der Waals surface area contributed by atoms with Crippen LogP contribution in [0.2, 0.25) is 0 Å². The first-order valence-corrected chi connectivity index (χ1v) is 7.96. The molecule has 1 aliphatic heterocycles. The monoisotopic (exact) mass is 262 g/mol. The average molecular weight is 262 g/mol. The van der Waals surface area contributed by atoms with E-state index in [0.717, 1.165) is 0 Å². The highest BCUT2D eigenvalue weighted by Crippen LogP contribution is 2.33. The van der Waals surface area contributed by atoms with E-state index in [0.29, 0.717) is 12.1 Å². The molecule has 0 spiro atoms. The summed E-state index contributed by atoms with van der Waals surface area (Å²) < 4.78 is 2.26. The predicted molar refractivity (Wildman–Crippen MR) is 76.0 cm³/mol. The van der Waals surface area contributed by atoms with E-state index in [1.807, 2.05) is 0 Å². The van der Waals surface area contributed by atoms with Crippen molar-refractivity contribution in [3.8, 4) is 0 Å². The van der Waals surface area contributed by atoms with E-state index in [4.69, 9.17) is 0 Å². The largest absolute Gasteiger partial charge is 0.297 e. The average Bonchev–Trinajstić information content (AvgIpc) is 2.83. The lowest BCUT2D eigenvalue weighted by Gasteiger charge is -2.29. The van der Waals surface area contributed by atoms with Gasteiger partial charge in [0.15, 0.2) is 0 Å². The zero-order chi connectivity index (χ0) is 13.1. The van der Waals surface area contributed by atoms with Gasteiger partial charge in [-0.2, -0.15) is 5.10 Å². The Morgan fingerprint density at radius 2 is 1.74 bits per heavy atom. The topological polar surface area (TPSA) is 34.0 Å². The molecule has 1 aliphatic carbocycles. The van der Waals surface area contributed by atoms with Crippen molar-refractivity contribution in [1.29, 1.82) is 0 Å². The van der Waals surface area contributed by atoms with Crippen LogP contribution in [0, 0.1) is 0 Å². The first-order valence-electron chi connectivity index (χ1n) is 7.96. The van der Waals surface area contributed by atoms with Crippen LogP contribution < -0.4 is 0 Å². The quantitative estimate of drug-likeness (QED) is 0.820. The number of nitrogens with zero attached hydrogens (tertiary/aromatic N) is 4. The number of hydrogen-bond donors (Lipinski definition) is 0. The first-order chi connectivity index (χ1) is 9.36. The SMILES string of the molecule is CN1CCCCC[C@H]1c1ncnn1C1CCCCC1. The van der Waals surface area contributed by atoms with E-state index in [1.165, 1.54) is 70.2 Å². The summed E-state index contributed by atoms with van der Waals surface area (Å²) >= 11 is 0. The van der Waals surface area contributed by atoms with Gasteiger partial charge in [-0.1, -0.05) is 32.1 Å². The Hall–Kier alpha value is -0.900. The Bertz CT molecular complexity index is 395. The molecule has 0 amide bonds. The predicted octanol–water partition coefficient (Wildman–Crippen LogP) is 3.33. The summed E-state index contributed by atoms with van der Waals surface area (Å²) in [5.41, 5.74) is 0. The number of likely N-dealkylation sites (tertiary alicyclic amines) is 1. The summed E-state index contributed by atoms with van der Waals surface area (Å²) in [5.74, 6) is 1.22. The molecule has 4 nitrogen and oxygen atoms in total. The highest BCUT2D eigenvalue weighted by Gasteiger charge is 2.27. The molecule has 0 bridgehead atoms. The summed E-state index contributed by atoms with van der Waals surface area (Å²) in [4.78, 5) is 7.10. The lowest BCUT2D eigenvalue weighted by molar-refractivity contribution is 0.219. The number of hydrogen-bond acceptors (Lipinski definition) is 3. The number of aromatic nitrogens is 3. The van der Waals surface area contributed by atoms with Crippen LogP contribution in [0.1, 0.15) is 75.7 Å². The highest BCUT2D eigenvalue weighted by molar-refractivity contribution is 4.98. The fourth-order valence-corrected chi connectivity index (χ4v) is 3.68. The zero-order valence-electron chi connectivity index (χ0n) is 12.1. The molecular formula is C15H26N4. The van der Waals surface area contributed by atoms with Crippen molar-refractivity contribution in [3.05, 3.63) is 12.2 Å². The van der Waals surface area contributed by atoms with E-state index >= 15 is 0 Å². The summed E-state index contributed by atoms with van der Waals surface area (Å²) in [6.07, 6.45) is 13.7. The third-order valence-electron chi connectivity index (χ3n) is 4.84. The van der Waals surface area contributed by atoms with E-state index in [9.17, 15) is 0 Å². The van der Waals surface area contributed by atoms with Crippen molar-refractivity contribution in [2.24, 2.45) is 0 Å². The van der Waals surface area contributed by atoms with Crippen molar-refractivity contribution in [1.82, 2.24) is 19.7 Å². The van der Waals surface area contributed by atoms with Crippen LogP contribution in [0.3, 0.4) is 0 Å². The van der Waals surface area contributed by atoms with Crippen LogP contribution in [0.4, 0.5) is 0 Å². The fourth-order valence-electron chi connectivity index (χ4n) is 3.68. The maximum Gasteiger partial charge on any atom is 0.144 e. The molecule has 4 heteroatoms. The molecule has 2 aliphatic rings. The Morgan fingerprint density at radius 3 is 2.58 bits per heavy atom. The fraction of sp³-hybridized carbons (Fsp3) is 0.867. The lowest BCUT2D eigenvalue weighted by atomic mass is 9.95. The standard InChI is InChI=1S/C15H26N4/c1-18-11-7-3-6-10-14(18)15-16-12-17-19(15)13-8-4-2-5-9-13/h12-14H,2-11H2,1H3/t14-/m0/s1. The maximum absolute atomic E-state index is 4.62. The van der Waals surface area contributed by atoms with E-state index in [2.05, 4.69) is 26.7 Å². The van der Waals surface area contributed by atoms with Gasteiger partial charge in [-0.3, -0.25) is 4.90 Å². The summed E-state index contributed by atoms with van der Waals surface area (Å²) in [6.45, 7) is 1.20. The minimum atomic E-state index is 0.479. The van der Waals surface area contributed by atoms with Gasteiger partial charge in [-0.15, -0.1) is 0 Å². The van der Waals surface area contributed by atoms with Gasteiger partial charge in [-0.05, 0) is 39.3 Å². The molecule has 1 saturated carbocycles. The summed E-state index contributed by atoms with van der Waals surface area (Å²) in [5, 5.41) is 4.56. The molecule has 1 atom stereocenters. The molecule has 1 aromatic heterocycles. The lowest BCUT2D eigenvalue weighted by Crippen LogP contribution is -2.28. The molecule has 0 radical (unpaired) electrons. The van der Waals surface area contributed by atoms with Crippen molar-refractivity contribution >= 4 is 0 Å². The van der Waals surface area contributed by atoms with Crippen LogP contribution in [0.25, 0.3) is 0 Å². The van der Waals surface area contributed by atoms with Gasteiger partial charge in [0.25, 0.3) is 0 Å². The van der Waals surface area contributed by atoms with Crippen molar-refractivity contribution in [2.45, 2.75) is 69.9 Å². The first kappa shape index (κ1) is 13.1. The molecular weight excluding hydrogens is 236 g/mol. The zero-order valence-corrected chi connectivity index (χ0v) is 12.1. The van der Waals surface area contributed by atoms with Gasteiger partial charge in [0.1, 0.15) is 12.2 Å². The van der Waals surface area contributed by atoms with Crippen molar-refractivity contribution < 1.29 is 0 Å². The summed E-state index contributed by atoms with van der Waals surface area (Å²) in [6, 6.07) is 1.08. The molecule has 19 heavy (non-hydrogen) atoms. The number of rotatable bonds is 2. The van der Waals surface area contributed by atoms with Crippen LogP contribution in [0.15, 0.2) is 6.33 Å². The molecule has 1 aromatic rings. The second-order valence-electron chi connectivity index (χ2n) is 6.20. The summed E-state index contributed by atoms with van der Waals surface area (Å²) in [7, 11) is 2.25. The molecule has 0 unspecified atom stereocenters. The third kappa shape index (κ3) is 2.83. The minimum absolute atomic E-state index is 0.479. The molecule has 2 fully saturated rings. The second-order valence-corrected chi connectivity index (χ2v) is 6.20. The Kier molecular flexibility index (Phi) is 4.16. The second kappa shape index (κ2) is 6.04. The molecule has 106 valence electrons. The van der Waals surface area contributed by atoms with Crippen LogP contribution in [0.5, 0.6) is 0 Å². The van der Waals surface area contributed by atoms with Gasteiger partial charge < -0.3 is 0 Å². The Labute approximate surface area is 116 Å². The van der Waals surface area contributed by atoms with Crippen LogP contribution >= 0.6 is 0 Å². The van der Waals surface area contributed by atoms with E-state index in [-0.39, 0.29) is 0 Å². The van der Waals surface area contributed by atoms with Crippen molar-refractivity contribution in [3.63, 3.8) is 0 Å². The molecule has 2 heterocycles. The van der Waals surface area contributed by atoms with Gasteiger partial charge in [0.2, 0.25) is 0 Å². The van der Waals surface area contributed by atoms with Gasteiger partial charge in [0, 0.05) is 0 Å². The highest BCUT2D eigenvalue weighted by atomic mass is 15.4. The molecule has 0 aromatic carbocycles. The molecule has 0 N–H and O–H groups in total. The normalized spacial score (nSPS) is 27.3. The molecule has 3 rings (SSSR count). The van der Waals surface area contributed by atoms with Gasteiger partial charge in [-0.25, -0.2) is 9.67 Å². The smallest absolute Gasteiger partial charge is 0.144 e. The minimum Gasteiger partial charge on any atom is -0.297 e. The maximum atomic E-state index is 4.62. The van der Waals surface area contributed by atoms with Crippen LogP contribution in [-0.2, 0) is 0 Å². The van der Waals surface area contributed by atoms with Crippen molar-refractivity contribution in [2.75, 3.05) is 13.6 Å². The van der Waals surface area contributed by atoms with Gasteiger partial charge in [0.05, 0.1) is 12.1 Å². The van der Waals surface area contributed by atoms with E-state index in [1.54, 1.807) is 6.33 Å². The Morgan fingerprint density at radius 1 is 1.00 bits per heavy atom. The van der Waals surface area contributed by atoms with Gasteiger partial charge >= 0.3 is 0 Å². The third-order valence-corrected chi connectivity index (χ3v) is 4.84. The van der Waals surface area contributed by atoms with E-state index < -0.39 is 0 Å². The molecule has 1 saturated heterocycles. The van der Waals surface area contributed by atoms with Crippen LogP contribution in [-0.4, -0.2) is 33.3 Å².